The topological polar surface area (TPSA) is 76.2 Å². The molecule has 1 aliphatic rings. The molecule has 0 atom stereocenters. The van der Waals surface area contributed by atoms with Gasteiger partial charge in [0.15, 0.2) is 0 Å². The number of nitrogens with one attached hydrogen (secondary N) is 2. The summed E-state index contributed by atoms with van der Waals surface area (Å²) >= 11 is 0. The number of amides is 1. The molecular formula is C15H17N3O3. The van der Waals surface area contributed by atoms with Crippen molar-refractivity contribution in [3.63, 3.8) is 0 Å². The Kier molecular flexibility index (Phi) is 3.51. The van der Waals surface area contributed by atoms with E-state index in [-0.39, 0.29) is 5.91 Å². The molecule has 0 radical (unpaired) electrons. The highest BCUT2D eigenvalue weighted by Crippen LogP contribution is 2.32. The highest BCUT2D eigenvalue weighted by atomic mass is 16.5. The zero-order valence-electron chi connectivity index (χ0n) is 12.0. The molecule has 0 saturated carbocycles. The molecule has 2 heterocycles. The Morgan fingerprint density at radius 1 is 1.24 bits per heavy atom. The maximum atomic E-state index is 12.0. The molecule has 6 heteroatoms. The van der Waals surface area contributed by atoms with Gasteiger partial charge in [0.1, 0.15) is 23.0 Å². The van der Waals surface area contributed by atoms with E-state index in [0.717, 1.165) is 24.1 Å². The summed E-state index contributed by atoms with van der Waals surface area (Å²) in [6, 6.07) is 5.50. The van der Waals surface area contributed by atoms with E-state index < -0.39 is 0 Å². The van der Waals surface area contributed by atoms with Crippen molar-refractivity contribution in [2.24, 2.45) is 0 Å². The van der Waals surface area contributed by atoms with Crippen molar-refractivity contribution in [3.8, 4) is 22.9 Å². The van der Waals surface area contributed by atoms with Crippen LogP contribution in [0, 0.1) is 0 Å². The summed E-state index contributed by atoms with van der Waals surface area (Å²) < 4.78 is 10.6. The molecule has 110 valence electrons. The van der Waals surface area contributed by atoms with Gasteiger partial charge in [0.05, 0.1) is 19.8 Å². The predicted molar refractivity (Wildman–Crippen MR) is 77.8 cm³/mol. The lowest BCUT2D eigenvalue weighted by Gasteiger charge is -2.08. The molecule has 2 aromatic rings. The van der Waals surface area contributed by atoms with Crippen molar-refractivity contribution in [1.29, 1.82) is 0 Å². The number of H-pyrrole nitrogens is 1. The summed E-state index contributed by atoms with van der Waals surface area (Å²) in [6.07, 6.45) is 1.71. The van der Waals surface area contributed by atoms with Gasteiger partial charge >= 0.3 is 0 Å². The number of carbonyl (C=O) groups excluding carboxylic acids is 1. The zero-order valence-corrected chi connectivity index (χ0v) is 12.0. The van der Waals surface area contributed by atoms with Crippen LogP contribution in [-0.2, 0) is 6.42 Å². The number of methoxy groups -OCH3 is 2. The second-order valence-electron chi connectivity index (χ2n) is 4.84. The summed E-state index contributed by atoms with van der Waals surface area (Å²) in [7, 11) is 3.20. The van der Waals surface area contributed by atoms with Crippen molar-refractivity contribution >= 4 is 5.91 Å². The first-order chi connectivity index (χ1) is 10.2. The molecule has 0 fully saturated rings. The number of carbonyl (C=O) groups is 1. The van der Waals surface area contributed by atoms with Crippen LogP contribution in [0.4, 0.5) is 0 Å². The summed E-state index contributed by atoms with van der Waals surface area (Å²) in [5.41, 5.74) is 2.15. The number of aromatic nitrogens is 2. The largest absolute Gasteiger partial charge is 0.497 e. The van der Waals surface area contributed by atoms with E-state index in [1.165, 1.54) is 0 Å². The van der Waals surface area contributed by atoms with Crippen LogP contribution in [0.5, 0.6) is 11.5 Å². The molecule has 21 heavy (non-hydrogen) atoms. The summed E-state index contributed by atoms with van der Waals surface area (Å²) in [6.45, 7) is 0.685. The zero-order chi connectivity index (χ0) is 14.8. The van der Waals surface area contributed by atoms with Crippen LogP contribution < -0.4 is 14.8 Å². The van der Waals surface area contributed by atoms with Gasteiger partial charge in [-0.3, -0.25) is 4.79 Å². The van der Waals surface area contributed by atoms with E-state index in [2.05, 4.69) is 15.3 Å². The fourth-order valence-electron chi connectivity index (χ4n) is 2.45. The van der Waals surface area contributed by atoms with Gasteiger partial charge in [-0.25, -0.2) is 4.98 Å². The van der Waals surface area contributed by atoms with Gasteiger partial charge < -0.3 is 19.8 Å². The Hall–Kier alpha value is -2.50. The number of imidazole rings is 1. The van der Waals surface area contributed by atoms with Crippen LogP contribution in [0.25, 0.3) is 11.4 Å². The van der Waals surface area contributed by atoms with Crippen LogP contribution in [-0.4, -0.2) is 36.6 Å². The monoisotopic (exact) mass is 287 g/mol. The fourth-order valence-corrected chi connectivity index (χ4v) is 2.45. The minimum Gasteiger partial charge on any atom is -0.497 e. The number of hydrogen-bond donors (Lipinski definition) is 2. The lowest BCUT2D eigenvalue weighted by Crippen LogP contribution is -2.23. The number of benzene rings is 1. The molecule has 1 amide bonds. The third-order valence-corrected chi connectivity index (χ3v) is 3.55. The number of nitrogens with zero attached hydrogens (tertiary/aromatic N) is 1. The molecular weight excluding hydrogens is 270 g/mol. The Labute approximate surface area is 122 Å². The first kappa shape index (κ1) is 13.5. The highest BCUT2D eigenvalue weighted by molar-refractivity contribution is 5.94. The van der Waals surface area contributed by atoms with Crippen molar-refractivity contribution in [2.75, 3.05) is 20.8 Å². The number of aromatic amines is 1. The standard InChI is InChI=1S/C15H17N3O3/c1-20-9-5-6-10(12(8-9)21-2)14-17-11-4-3-7-16-15(19)13(11)18-14/h5-6,8H,3-4,7H2,1-2H3,(H,16,19)(H,17,18). The first-order valence-electron chi connectivity index (χ1n) is 6.82. The smallest absolute Gasteiger partial charge is 0.271 e. The van der Waals surface area contributed by atoms with Crippen molar-refractivity contribution in [2.45, 2.75) is 12.8 Å². The molecule has 0 saturated heterocycles. The minimum absolute atomic E-state index is 0.127. The summed E-state index contributed by atoms with van der Waals surface area (Å²) in [5, 5.41) is 2.84. The second kappa shape index (κ2) is 5.47. The van der Waals surface area contributed by atoms with E-state index in [1.54, 1.807) is 20.3 Å². The molecule has 0 unspecified atom stereocenters. The quantitative estimate of drug-likeness (QED) is 0.902. The van der Waals surface area contributed by atoms with Crippen LogP contribution in [0.1, 0.15) is 22.6 Å². The van der Waals surface area contributed by atoms with Gasteiger partial charge in [-0.1, -0.05) is 0 Å². The molecule has 2 N–H and O–H groups in total. The third-order valence-electron chi connectivity index (χ3n) is 3.55. The van der Waals surface area contributed by atoms with Gasteiger partial charge in [0.2, 0.25) is 0 Å². The molecule has 0 spiro atoms. The summed E-state index contributed by atoms with van der Waals surface area (Å²) in [4.78, 5) is 19.6. The number of rotatable bonds is 3. The average molecular weight is 287 g/mol. The van der Waals surface area contributed by atoms with Crippen LogP contribution in [0.2, 0.25) is 0 Å². The van der Waals surface area contributed by atoms with Gasteiger partial charge in [-0.15, -0.1) is 0 Å². The maximum absolute atomic E-state index is 12.0. The second-order valence-corrected chi connectivity index (χ2v) is 4.84. The number of fused-ring (bicyclic) bond motifs is 1. The molecule has 6 nitrogen and oxygen atoms in total. The number of aryl methyl sites for hydroxylation is 1. The number of hydrogen-bond acceptors (Lipinski definition) is 4. The highest BCUT2D eigenvalue weighted by Gasteiger charge is 2.21. The molecule has 0 aliphatic carbocycles. The molecule has 1 aliphatic heterocycles. The van der Waals surface area contributed by atoms with Gasteiger partial charge in [0.25, 0.3) is 5.91 Å². The Balaban J connectivity index is 2.05. The fraction of sp³-hybridized carbons (Fsp3) is 0.333. The first-order valence-corrected chi connectivity index (χ1v) is 6.82. The van der Waals surface area contributed by atoms with Crippen molar-refractivity contribution in [3.05, 3.63) is 29.6 Å². The maximum Gasteiger partial charge on any atom is 0.271 e. The normalized spacial score (nSPS) is 14.1. The molecule has 3 rings (SSSR count). The Morgan fingerprint density at radius 3 is 2.86 bits per heavy atom. The van der Waals surface area contributed by atoms with Crippen LogP contribution in [0.3, 0.4) is 0 Å². The third kappa shape index (κ3) is 2.44. The lowest BCUT2D eigenvalue weighted by atomic mass is 10.2. The molecule has 0 bridgehead atoms. The van der Waals surface area contributed by atoms with Crippen molar-refractivity contribution in [1.82, 2.24) is 15.3 Å². The van der Waals surface area contributed by atoms with Gasteiger partial charge in [-0.05, 0) is 25.0 Å². The Morgan fingerprint density at radius 2 is 2.10 bits per heavy atom. The average Bonchev–Trinajstić information content (AvgIpc) is 2.87. The van der Waals surface area contributed by atoms with E-state index in [0.29, 0.717) is 29.6 Å². The minimum atomic E-state index is -0.127. The van der Waals surface area contributed by atoms with Crippen LogP contribution >= 0.6 is 0 Å². The molecule has 1 aromatic carbocycles. The van der Waals surface area contributed by atoms with Crippen LogP contribution in [0.15, 0.2) is 18.2 Å². The van der Waals surface area contributed by atoms with E-state index in [1.807, 2.05) is 12.1 Å². The van der Waals surface area contributed by atoms with Gasteiger partial charge in [-0.2, -0.15) is 0 Å². The lowest BCUT2D eigenvalue weighted by molar-refractivity contribution is 0.0951. The van der Waals surface area contributed by atoms with Crippen molar-refractivity contribution < 1.29 is 14.3 Å². The van der Waals surface area contributed by atoms with E-state index in [9.17, 15) is 4.79 Å². The number of ether oxygens (including phenoxy) is 2. The van der Waals surface area contributed by atoms with E-state index in [4.69, 9.17) is 9.47 Å². The predicted octanol–water partition coefficient (Wildman–Crippen LogP) is 1.77. The summed E-state index contributed by atoms with van der Waals surface area (Å²) in [5.74, 6) is 1.87. The molecule has 1 aromatic heterocycles. The van der Waals surface area contributed by atoms with Gasteiger partial charge in [0, 0.05) is 18.3 Å². The Bertz CT molecular complexity index is 679. The van der Waals surface area contributed by atoms with E-state index >= 15 is 0 Å². The SMILES string of the molecule is COc1ccc(-c2nc3c([nH]2)CCCNC3=O)c(OC)c1.